The number of fused-ring (bicyclic) bond motifs is 1. The van der Waals surface area contributed by atoms with E-state index < -0.39 is 17.3 Å². The van der Waals surface area contributed by atoms with Gasteiger partial charge in [-0.1, -0.05) is 56.3 Å². The molecule has 0 aliphatic rings. The van der Waals surface area contributed by atoms with Crippen molar-refractivity contribution in [1.29, 1.82) is 0 Å². The van der Waals surface area contributed by atoms with Crippen LogP contribution in [-0.2, 0) is 5.41 Å². The van der Waals surface area contributed by atoms with Crippen molar-refractivity contribution in [2.24, 2.45) is 0 Å². The largest absolute Gasteiger partial charge is 0.455 e. The highest BCUT2D eigenvalue weighted by atomic mass is 19.1. The molecule has 1 heterocycles. The lowest BCUT2D eigenvalue weighted by atomic mass is 9.78. The van der Waals surface area contributed by atoms with Gasteiger partial charge in [-0.15, -0.1) is 0 Å². The fraction of sp³-hybridized carbons (Fsp3) is 0.222. The van der Waals surface area contributed by atoms with Crippen molar-refractivity contribution in [1.82, 2.24) is 0 Å². The van der Waals surface area contributed by atoms with Crippen molar-refractivity contribution in [3.63, 3.8) is 0 Å². The molecule has 0 aliphatic heterocycles. The van der Waals surface area contributed by atoms with Gasteiger partial charge in [0.25, 0.3) is 0 Å². The van der Waals surface area contributed by atoms with Crippen LogP contribution in [0.25, 0.3) is 11.0 Å². The summed E-state index contributed by atoms with van der Waals surface area (Å²) < 4.78 is 19.3. The smallest absolute Gasteiger partial charge is 0.170 e. The number of para-hydroxylation sites is 1. The number of aliphatic hydroxyl groups is 1. The lowest BCUT2D eigenvalue weighted by Gasteiger charge is -2.29. The van der Waals surface area contributed by atoms with Crippen molar-refractivity contribution in [3.8, 4) is 0 Å². The molecule has 108 valence electrons. The van der Waals surface area contributed by atoms with Gasteiger partial charge in [0.05, 0.1) is 0 Å². The van der Waals surface area contributed by atoms with Crippen LogP contribution in [0, 0.1) is 5.82 Å². The standard InChI is InChI=1S/C18H17FO2/c1-18(2,13-8-4-3-5-9-13)17(20)15-11-12-7-6-10-14(19)16(12)21-15/h3-11,17,20H,1-2H3. The van der Waals surface area contributed by atoms with Gasteiger partial charge in [0.2, 0.25) is 0 Å². The molecule has 0 bridgehead atoms. The zero-order chi connectivity index (χ0) is 15.0. The van der Waals surface area contributed by atoms with Crippen molar-refractivity contribution in [2.45, 2.75) is 25.4 Å². The van der Waals surface area contributed by atoms with Gasteiger partial charge in [-0.05, 0) is 17.7 Å². The second-order valence-corrected chi connectivity index (χ2v) is 5.80. The summed E-state index contributed by atoms with van der Waals surface area (Å²) in [6.07, 6.45) is -0.855. The van der Waals surface area contributed by atoms with Crippen LogP contribution in [0.5, 0.6) is 0 Å². The predicted molar refractivity (Wildman–Crippen MR) is 80.6 cm³/mol. The van der Waals surface area contributed by atoms with E-state index in [0.29, 0.717) is 11.1 Å². The van der Waals surface area contributed by atoms with E-state index in [4.69, 9.17) is 4.42 Å². The summed E-state index contributed by atoms with van der Waals surface area (Å²) >= 11 is 0. The molecule has 3 heteroatoms. The highest BCUT2D eigenvalue weighted by Crippen LogP contribution is 2.38. The Labute approximate surface area is 122 Å². The van der Waals surface area contributed by atoms with E-state index in [1.807, 2.05) is 44.2 Å². The zero-order valence-corrected chi connectivity index (χ0v) is 12.0. The molecule has 0 saturated carbocycles. The first-order valence-electron chi connectivity index (χ1n) is 6.91. The molecule has 1 N–H and O–H groups in total. The Balaban J connectivity index is 2.04. The van der Waals surface area contributed by atoms with Crippen LogP contribution < -0.4 is 0 Å². The second-order valence-electron chi connectivity index (χ2n) is 5.80. The molecule has 1 aromatic heterocycles. The van der Waals surface area contributed by atoms with Gasteiger partial charge in [-0.25, -0.2) is 4.39 Å². The summed E-state index contributed by atoms with van der Waals surface area (Å²) in [6.45, 7) is 3.88. The number of hydrogen-bond donors (Lipinski definition) is 1. The van der Waals surface area contributed by atoms with Crippen LogP contribution in [-0.4, -0.2) is 5.11 Å². The van der Waals surface area contributed by atoms with Crippen molar-refractivity contribution in [3.05, 3.63) is 71.7 Å². The Hall–Kier alpha value is -2.13. The molecule has 3 aromatic rings. The fourth-order valence-electron chi connectivity index (χ4n) is 2.56. The minimum Gasteiger partial charge on any atom is -0.455 e. The summed E-state index contributed by atoms with van der Waals surface area (Å²) in [4.78, 5) is 0. The third kappa shape index (κ3) is 2.34. The Morgan fingerprint density at radius 3 is 2.43 bits per heavy atom. The molecule has 0 aliphatic carbocycles. The number of aliphatic hydroxyl groups excluding tert-OH is 1. The van der Waals surface area contributed by atoms with Gasteiger partial charge in [-0.3, -0.25) is 0 Å². The topological polar surface area (TPSA) is 33.4 Å². The molecule has 2 nitrogen and oxygen atoms in total. The minimum atomic E-state index is -0.855. The highest BCUT2D eigenvalue weighted by molar-refractivity contribution is 5.78. The Kier molecular flexibility index (Phi) is 3.30. The first-order chi connectivity index (χ1) is 10.00. The molecular formula is C18H17FO2. The lowest BCUT2D eigenvalue weighted by Crippen LogP contribution is -2.26. The van der Waals surface area contributed by atoms with Gasteiger partial charge in [0.1, 0.15) is 11.9 Å². The molecule has 1 atom stereocenters. The maximum Gasteiger partial charge on any atom is 0.170 e. The van der Waals surface area contributed by atoms with Crippen LogP contribution in [0.15, 0.2) is 59.0 Å². The monoisotopic (exact) mass is 284 g/mol. The SMILES string of the molecule is CC(C)(c1ccccc1)C(O)c1cc2cccc(F)c2o1. The van der Waals surface area contributed by atoms with E-state index in [9.17, 15) is 9.50 Å². The van der Waals surface area contributed by atoms with Crippen LogP contribution >= 0.6 is 0 Å². The fourth-order valence-corrected chi connectivity index (χ4v) is 2.56. The normalized spacial score (nSPS) is 13.5. The zero-order valence-electron chi connectivity index (χ0n) is 12.0. The van der Waals surface area contributed by atoms with Gasteiger partial charge < -0.3 is 9.52 Å². The molecular weight excluding hydrogens is 267 g/mol. The molecule has 0 saturated heterocycles. The Morgan fingerprint density at radius 1 is 1.05 bits per heavy atom. The Morgan fingerprint density at radius 2 is 1.76 bits per heavy atom. The summed E-state index contributed by atoms with van der Waals surface area (Å²) in [5, 5.41) is 11.3. The summed E-state index contributed by atoms with van der Waals surface area (Å²) in [5.41, 5.74) is 0.653. The van der Waals surface area contributed by atoms with Gasteiger partial charge in [0.15, 0.2) is 11.4 Å². The number of benzene rings is 2. The second kappa shape index (κ2) is 5.01. The highest BCUT2D eigenvalue weighted by Gasteiger charge is 2.33. The number of rotatable bonds is 3. The Bertz CT molecular complexity index is 759. The van der Waals surface area contributed by atoms with Gasteiger partial charge in [0, 0.05) is 10.8 Å². The van der Waals surface area contributed by atoms with Crippen LogP contribution in [0.2, 0.25) is 0 Å². The third-order valence-electron chi connectivity index (χ3n) is 3.99. The number of furan rings is 1. The maximum atomic E-state index is 13.7. The molecule has 3 rings (SSSR count). The summed E-state index contributed by atoms with van der Waals surface area (Å²) in [6, 6.07) is 16.2. The van der Waals surface area contributed by atoms with Crippen molar-refractivity contribution >= 4 is 11.0 Å². The summed E-state index contributed by atoms with van der Waals surface area (Å²) in [7, 11) is 0. The molecule has 0 amide bonds. The van der Waals surface area contributed by atoms with Crippen LogP contribution in [0.4, 0.5) is 4.39 Å². The molecule has 2 aromatic carbocycles. The molecule has 0 radical (unpaired) electrons. The first kappa shape index (κ1) is 13.8. The maximum absolute atomic E-state index is 13.7. The van der Waals surface area contributed by atoms with E-state index in [-0.39, 0.29) is 5.58 Å². The summed E-state index contributed by atoms with van der Waals surface area (Å²) in [5.74, 6) is -0.0348. The van der Waals surface area contributed by atoms with Crippen molar-refractivity contribution < 1.29 is 13.9 Å². The first-order valence-corrected chi connectivity index (χ1v) is 6.91. The number of halogens is 1. The molecule has 0 spiro atoms. The lowest BCUT2D eigenvalue weighted by molar-refractivity contribution is 0.0798. The minimum absolute atomic E-state index is 0.190. The van der Waals surface area contributed by atoms with E-state index in [1.54, 1.807) is 18.2 Å². The van der Waals surface area contributed by atoms with Crippen LogP contribution in [0.3, 0.4) is 0 Å². The van der Waals surface area contributed by atoms with E-state index >= 15 is 0 Å². The van der Waals surface area contributed by atoms with Crippen LogP contribution in [0.1, 0.15) is 31.3 Å². The molecule has 21 heavy (non-hydrogen) atoms. The quantitative estimate of drug-likeness (QED) is 0.763. The van der Waals surface area contributed by atoms with E-state index in [1.165, 1.54) is 6.07 Å². The predicted octanol–water partition coefficient (Wildman–Crippen LogP) is 4.58. The van der Waals surface area contributed by atoms with E-state index in [0.717, 1.165) is 5.56 Å². The average molecular weight is 284 g/mol. The number of hydrogen-bond acceptors (Lipinski definition) is 2. The molecule has 1 unspecified atom stereocenters. The van der Waals surface area contributed by atoms with Crippen molar-refractivity contribution in [2.75, 3.05) is 0 Å². The van der Waals surface area contributed by atoms with Gasteiger partial charge >= 0.3 is 0 Å². The van der Waals surface area contributed by atoms with E-state index in [2.05, 4.69) is 0 Å². The third-order valence-corrected chi connectivity index (χ3v) is 3.99. The van der Waals surface area contributed by atoms with Gasteiger partial charge in [-0.2, -0.15) is 0 Å². The molecule has 0 fully saturated rings. The average Bonchev–Trinajstić information content (AvgIpc) is 2.93.